The molecule has 0 aromatic heterocycles. The van der Waals surface area contributed by atoms with Gasteiger partial charge in [-0.05, 0) is 53.2 Å². The van der Waals surface area contributed by atoms with Gasteiger partial charge in [-0.1, -0.05) is 12.5 Å². The third kappa shape index (κ3) is 1.47. The average Bonchev–Trinajstić information content (AvgIpc) is 2.60. The molecule has 0 amide bonds. The highest BCUT2D eigenvalue weighted by Crippen LogP contribution is 2.56. The molecule has 2 bridgehead atoms. The Morgan fingerprint density at radius 3 is 2.55 bits per heavy atom. The van der Waals surface area contributed by atoms with Crippen LogP contribution in [0.1, 0.15) is 38.5 Å². The lowest BCUT2D eigenvalue weighted by Gasteiger charge is -2.25. The molecule has 0 heterocycles. The maximum absolute atomic E-state index is 1.68. The van der Waals surface area contributed by atoms with Crippen molar-refractivity contribution in [2.45, 2.75) is 44.6 Å². The molecule has 2 fully saturated rings. The normalized spacial score (nSPS) is 43.1. The Morgan fingerprint density at radius 2 is 2.09 bits per heavy atom. The highest BCUT2D eigenvalue weighted by Gasteiger charge is 2.43. The number of fused-ring (bicyclic) bond motifs is 2. The zero-order chi connectivity index (χ0) is 7.73. The summed E-state index contributed by atoms with van der Waals surface area (Å²) in [6.07, 6.45) is 9.65. The molecule has 0 spiro atoms. The molecule has 0 aromatic rings. The van der Waals surface area contributed by atoms with Crippen molar-refractivity contribution in [3.8, 4) is 0 Å². The summed E-state index contributed by atoms with van der Waals surface area (Å²) in [4.78, 5) is 0. The van der Waals surface area contributed by atoms with Gasteiger partial charge in [0.1, 0.15) is 0 Å². The van der Waals surface area contributed by atoms with E-state index in [2.05, 4.69) is 0 Å². The minimum Gasteiger partial charge on any atom is -0.0650 e. The maximum atomic E-state index is 1.68. The van der Waals surface area contributed by atoms with Crippen molar-refractivity contribution in [1.82, 2.24) is 0 Å². The molecular weight excluding hydrogens is 164 g/mol. The van der Waals surface area contributed by atoms with Gasteiger partial charge in [-0.15, -0.1) is 0 Å². The third-order valence-electron chi connectivity index (χ3n) is 3.95. The van der Waals surface area contributed by atoms with Crippen LogP contribution in [-0.2, 0) is 0 Å². The molecule has 0 unspecified atom stereocenters. The Labute approximate surface area is 75.2 Å². The summed E-state index contributed by atoms with van der Waals surface area (Å²) in [5.74, 6) is 1.17. The Kier molecular flexibility index (Phi) is 2.24. The molecule has 2 aliphatic carbocycles. The van der Waals surface area contributed by atoms with Crippen molar-refractivity contribution >= 4 is 18.8 Å². The fraction of sp³-hybridized carbons (Fsp3) is 1.00. The monoisotopic (exact) mass is 184 g/mol. The van der Waals surface area contributed by atoms with Crippen LogP contribution in [0.5, 0.6) is 0 Å². The van der Waals surface area contributed by atoms with E-state index in [1.165, 1.54) is 5.92 Å². The molecule has 0 radical (unpaired) electrons. The van der Waals surface area contributed by atoms with Crippen molar-refractivity contribution in [3.05, 3.63) is 0 Å². The van der Waals surface area contributed by atoms with E-state index in [1.54, 1.807) is 54.3 Å². The molecule has 0 atom stereocenters. The van der Waals surface area contributed by atoms with Crippen LogP contribution in [0.15, 0.2) is 0 Å². The minimum absolute atomic E-state index is 0.491. The van der Waals surface area contributed by atoms with Crippen LogP contribution in [0.25, 0.3) is 0 Å². The lowest BCUT2D eigenvalue weighted by molar-refractivity contribution is 0.284. The van der Waals surface area contributed by atoms with E-state index in [4.69, 9.17) is 0 Å². The van der Waals surface area contributed by atoms with E-state index in [-0.39, 0.29) is 0 Å². The fourth-order valence-corrected chi connectivity index (χ4v) is 5.38. The first kappa shape index (κ1) is 8.05. The molecule has 2 rings (SSSR count). The largest absolute Gasteiger partial charge is 0.0650 e. The van der Waals surface area contributed by atoms with Crippen molar-refractivity contribution in [3.63, 3.8) is 0 Å². The van der Waals surface area contributed by atoms with Crippen LogP contribution >= 0.6 is 0 Å². The molecule has 0 aromatic carbocycles. The number of hydrogen-bond donors (Lipinski definition) is 0. The van der Waals surface area contributed by atoms with Gasteiger partial charge in [-0.25, -0.2) is 0 Å². The Balaban J connectivity index is 1.89. The van der Waals surface area contributed by atoms with Gasteiger partial charge in [-0.2, -0.15) is 0 Å². The van der Waals surface area contributed by atoms with E-state index in [9.17, 15) is 0 Å². The Hall–Kier alpha value is 0.434. The van der Waals surface area contributed by atoms with Crippen LogP contribution in [0, 0.1) is 11.3 Å². The lowest BCUT2D eigenvalue weighted by atomic mass is 9.82. The predicted octanol–water partition coefficient (Wildman–Crippen LogP) is 0.824. The van der Waals surface area contributed by atoms with E-state index in [1.807, 2.05) is 0 Å². The molecule has 0 aliphatic heterocycles. The van der Waals surface area contributed by atoms with Gasteiger partial charge in [0.15, 0.2) is 0 Å². The van der Waals surface area contributed by atoms with Crippen molar-refractivity contribution in [2.75, 3.05) is 0 Å². The van der Waals surface area contributed by atoms with Gasteiger partial charge in [0.2, 0.25) is 0 Å². The molecule has 2 saturated carbocycles. The van der Waals surface area contributed by atoms with Gasteiger partial charge in [0, 0.05) is 9.04 Å². The van der Waals surface area contributed by atoms with Crippen molar-refractivity contribution in [2.24, 2.45) is 11.3 Å². The average molecular weight is 184 g/mol. The van der Waals surface area contributed by atoms with Crippen LogP contribution in [0.4, 0.5) is 0 Å². The zero-order valence-corrected chi connectivity index (χ0v) is 11.1. The second-order valence-electron chi connectivity index (χ2n) is 4.75. The van der Waals surface area contributed by atoms with Crippen LogP contribution in [-0.4, -0.2) is 18.8 Å². The van der Waals surface area contributed by atoms with Gasteiger partial charge in [0.05, 0.1) is 0 Å². The summed E-state index contributed by atoms with van der Waals surface area (Å²) >= 11 is 0. The first-order chi connectivity index (χ1) is 5.35. The quantitative estimate of drug-likeness (QED) is 0.570. The first-order valence-electron chi connectivity index (χ1n) is 5.35. The zero-order valence-electron chi connectivity index (χ0n) is 7.73. The second kappa shape index (κ2) is 3.06. The highest BCUT2D eigenvalue weighted by molar-refractivity contribution is 6.89. The van der Waals surface area contributed by atoms with E-state index in [0.717, 1.165) is 5.41 Å². The Morgan fingerprint density at radius 1 is 1.36 bits per heavy atom. The number of rotatable bonds is 3. The molecule has 64 valence electrons. The molecule has 11 heavy (non-hydrogen) atoms. The third-order valence-corrected chi connectivity index (χ3v) is 7.13. The van der Waals surface area contributed by atoms with Crippen LogP contribution in [0.3, 0.4) is 0 Å². The number of hydrogen-bond acceptors (Lipinski definition) is 0. The molecule has 2 heteroatoms. The summed E-state index contributed by atoms with van der Waals surface area (Å²) in [6, 6.07) is 1.68. The SMILES string of the molecule is [SiH3][SiH2]CCC12CCC(CC1)C2. The predicted molar refractivity (Wildman–Crippen MR) is 56.9 cm³/mol. The molecule has 0 saturated heterocycles. The summed E-state index contributed by atoms with van der Waals surface area (Å²) in [6.45, 7) is 0. The van der Waals surface area contributed by atoms with Crippen molar-refractivity contribution in [1.29, 1.82) is 0 Å². The summed E-state index contributed by atoms with van der Waals surface area (Å²) in [5, 5.41) is 0. The van der Waals surface area contributed by atoms with Gasteiger partial charge in [0.25, 0.3) is 0 Å². The minimum atomic E-state index is 0.491. The fourth-order valence-electron chi connectivity index (χ4n) is 3.21. The first-order valence-corrected chi connectivity index (χ1v) is 12.0. The van der Waals surface area contributed by atoms with Gasteiger partial charge < -0.3 is 0 Å². The molecular formula is C9H20Si2. The second-order valence-corrected chi connectivity index (χ2v) is 9.46. The molecule has 2 aliphatic rings. The molecule has 0 N–H and O–H groups in total. The van der Waals surface area contributed by atoms with Crippen molar-refractivity contribution < 1.29 is 0 Å². The maximum Gasteiger partial charge on any atom is 0.00415 e. The summed E-state index contributed by atoms with van der Waals surface area (Å²) < 4.78 is 0. The Bertz CT molecular complexity index is 136. The smallest absolute Gasteiger partial charge is 0.00415 e. The summed E-state index contributed by atoms with van der Waals surface area (Å²) in [7, 11) is 2.05. The molecule has 0 nitrogen and oxygen atoms in total. The van der Waals surface area contributed by atoms with Crippen LogP contribution in [0.2, 0.25) is 6.04 Å². The van der Waals surface area contributed by atoms with E-state index in [0.29, 0.717) is 9.04 Å². The van der Waals surface area contributed by atoms with E-state index < -0.39 is 0 Å². The standard InChI is InChI=1S/C9H20Si2/c10-11-6-5-9-3-1-8(7-9)2-4-9/h8H,1-7,11H2,10H3. The van der Waals surface area contributed by atoms with Gasteiger partial charge in [-0.3, -0.25) is 0 Å². The van der Waals surface area contributed by atoms with E-state index >= 15 is 0 Å². The van der Waals surface area contributed by atoms with Gasteiger partial charge >= 0.3 is 0 Å². The lowest BCUT2D eigenvalue weighted by Crippen LogP contribution is -2.14. The van der Waals surface area contributed by atoms with Crippen LogP contribution < -0.4 is 0 Å². The highest BCUT2D eigenvalue weighted by atomic mass is 29.1. The summed E-state index contributed by atoms with van der Waals surface area (Å²) in [5.41, 5.74) is 0.919. The topological polar surface area (TPSA) is 0 Å².